The van der Waals surface area contributed by atoms with Crippen molar-refractivity contribution in [1.29, 1.82) is 0 Å². The highest BCUT2D eigenvalue weighted by atomic mass is 16.4. The van der Waals surface area contributed by atoms with Gasteiger partial charge in [-0.25, -0.2) is 0 Å². The van der Waals surface area contributed by atoms with Crippen LogP contribution in [0.1, 0.15) is 6.92 Å². The van der Waals surface area contributed by atoms with Crippen LogP contribution in [0.2, 0.25) is 0 Å². The van der Waals surface area contributed by atoms with Gasteiger partial charge >= 0.3 is 0 Å². The quantitative estimate of drug-likeness (QED) is 0.358. The standard InChI is InChI=1S/C10H20N2O6/c1-5(14)11(2)4-12-6(3-13)7(15)8(16)9(17)10(12)18/h6-10,13,15-18H,3-4H2,1-2H3/t6-,7-,8+,9-,10?/m1/s1. The van der Waals surface area contributed by atoms with Gasteiger partial charge in [0.25, 0.3) is 0 Å². The van der Waals surface area contributed by atoms with Gasteiger partial charge in [0.15, 0.2) is 0 Å². The van der Waals surface area contributed by atoms with Crippen LogP contribution in [0.3, 0.4) is 0 Å². The number of amides is 1. The number of carbonyl (C=O) groups excluding carboxylic acids is 1. The topological polar surface area (TPSA) is 125 Å². The van der Waals surface area contributed by atoms with E-state index in [9.17, 15) is 30.3 Å². The average Bonchev–Trinajstić information content (AvgIpc) is 2.33. The predicted octanol–water partition coefficient (Wildman–Crippen LogP) is -3.50. The third-order valence-corrected chi connectivity index (χ3v) is 3.27. The van der Waals surface area contributed by atoms with Crippen LogP contribution in [-0.2, 0) is 4.79 Å². The minimum atomic E-state index is -1.57. The van der Waals surface area contributed by atoms with Crippen molar-refractivity contribution in [3.63, 3.8) is 0 Å². The van der Waals surface area contributed by atoms with Gasteiger partial charge in [0, 0.05) is 14.0 Å². The number of aliphatic hydroxyl groups excluding tert-OH is 5. The molecule has 0 spiro atoms. The fraction of sp³-hybridized carbons (Fsp3) is 0.900. The molecule has 1 aliphatic rings. The van der Waals surface area contributed by atoms with E-state index in [0.717, 1.165) is 0 Å². The Morgan fingerprint density at radius 3 is 2.17 bits per heavy atom. The van der Waals surface area contributed by atoms with E-state index in [1.54, 1.807) is 0 Å². The fourth-order valence-electron chi connectivity index (χ4n) is 1.94. The van der Waals surface area contributed by atoms with E-state index in [-0.39, 0.29) is 12.6 Å². The number of aliphatic hydroxyl groups is 5. The lowest BCUT2D eigenvalue weighted by molar-refractivity contribution is -0.229. The fourth-order valence-corrected chi connectivity index (χ4v) is 1.94. The Balaban J connectivity index is 2.87. The molecule has 1 amide bonds. The molecule has 1 heterocycles. The van der Waals surface area contributed by atoms with Crippen molar-refractivity contribution in [3.05, 3.63) is 0 Å². The minimum Gasteiger partial charge on any atom is -0.395 e. The Bertz CT molecular complexity index is 302. The SMILES string of the molecule is CC(=O)N(C)CN1C(O)[C@H](O)[C@@H](O)[C@H](O)[C@H]1CO. The number of carbonyl (C=O) groups is 1. The van der Waals surface area contributed by atoms with E-state index < -0.39 is 37.2 Å². The van der Waals surface area contributed by atoms with Gasteiger partial charge in [-0.3, -0.25) is 9.69 Å². The molecule has 1 saturated heterocycles. The highest BCUT2D eigenvalue weighted by Gasteiger charge is 2.47. The van der Waals surface area contributed by atoms with Gasteiger partial charge in [-0.15, -0.1) is 0 Å². The third kappa shape index (κ3) is 2.79. The van der Waals surface area contributed by atoms with Crippen molar-refractivity contribution in [2.45, 2.75) is 37.5 Å². The molecular weight excluding hydrogens is 244 g/mol. The average molecular weight is 264 g/mol. The molecule has 0 radical (unpaired) electrons. The number of hydrogen-bond acceptors (Lipinski definition) is 7. The molecular formula is C10H20N2O6. The number of rotatable bonds is 3. The van der Waals surface area contributed by atoms with Crippen molar-refractivity contribution >= 4 is 5.91 Å². The second-order valence-corrected chi connectivity index (χ2v) is 4.51. The Morgan fingerprint density at radius 2 is 1.72 bits per heavy atom. The zero-order valence-electron chi connectivity index (χ0n) is 10.3. The van der Waals surface area contributed by atoms with E-state index in [4.69, 9.17) is 0 Å². The molecule has 1 rings (SSSR count). The molecule has 5 atom stereocenters. The molecule has 8 nitrogen and oxygen atoms in total. The van der Waals surface area contributed by atoms with E-state index in [1.165, 1.54) is 23.8 Å². The number of nitrogens with zero attached hydrogens (tertiary/aromatic N) is 2. The normalized spacial score (nSPS) is 37.6. The molecule has 106 valence electrons. The molecule has 1 fully saturated rings. The summed E-state index contributed by atoms with van der Waals surface area (Å²) >= 11 is 0. The summed E-state index contributed by atoms with van der Waals surface area (Å²) < 4.78 is 0. The van der Waals surface area contributed by atoms with E-state index in [2.05, 4.69) is 0 Å². The molecule has 1 aliphatic heterocycles. The molecule has 1 unspecified atom stereocenters. The summed E-state index contributed by atoms with van der Waals surface area (Å²) in [6.07, 6.45) is -5.99. The summed E-state index contributed by atoms with van der Waals surface area (Å²) in [6, 6.07) is -0.958. The second-order valence-electron chi connectivity index (χ2n) is 4.51. The molecule has 0 aromatic carbocycles. The minimum absolute atomic E-state index is 0.0808. The summed E-state index contributed by atoms with van der Waals surface area (Å²) in [5.41, 5.74) is 0. The van der Waals surface area contributed by atoms with Crippen LogP contribution in [0.15, 0.2) is 0 Å². The lowest BCUT2D eigenvalue weighted by atomic mass is 9.93. The van der Waals surface area contributed by atoms with Gasteiger partial charge in [-0.2, -0.15) is 0 Å². The van der Waals surface area contributed by atoms with E-state index in [0.29, 0.717) is 0 Å². The number of likely N-dealkylation sites (tertiary alicyclic amines) is 1. The van der Waals surface area contributed by atoms with Gasteiger partial charge < -0.3 is 30.4 Å². The summed E-state index contributed by atoms with van der Waals surface area (Å²) in [5.74, 6) is -0.269. The van der Waals surface area contributed by atoms with Gasteiger partial charge in [0.2, 0.25) is 5.91 Å². The van der Waals surface area contributed by atoms with Gasteiger partial charge in [0.1, 0.15) is 24.5 Å². The largest absolute Gasteiger partial charge is 0.395 e. The highest BCUT2D eigenvalue weighted by Crippen LogP contribution is 2.23. The lowest BCUT2D eigenvalue weighted by Crippen LogP contribution is -2.68. The summed E-state index contributed by atoms with van der Waals surface area (Å²) in [4.78, 5) is 13.6. The lowest BCUT2D eigenvalue weighted by Gasteiger charge is -2.47. The Morgan fingerprint density at radius 1 is 1.17 bits per heavy atom. The van der Waals surface area contributed by atoms with E-state index in [1.807, 2.05) is 0 Å². The van der Waals surface area contributed by atoms with Crippen LogP contribution >= 0.6 is 0 Å². The first kappa shape index (κ1) is 15.3. The molecule has 8 heteroatoms. The van der Waals surface area contributed by atoms with Crippen molar-refractivity contribution in [2.75, 3.05) is 20.3 Å². The highest BCUT2D eigenvalue weighted by molar-refractivity contribution is 5.72. The first-order valence-electron chi connectivity index (χ1n) is 5.61. The summed E-state index contributed by atoms with van der Waals surface area (Å²) in [7, 11) is 1.48. The van der Waals surface area contributed by atoms with Gasteiger partial charge in [-0.05, 0) is 0 Å². The zero-order chi connectivity index (χ0) is 14.0. The molecule has 0 aliphatic carbocycles. The molecule has 18 heavy (non-hydrogen) atoms. The van der Waals surface area contributed by atoms with Crippen LogP contribution in [-0.4, -0.2) is 92.1 Å². The van der Waals surface area contributed by atoms with Crippen molar-refractivity contribution < 1.29 is 30.3 Å². The Labute approximate surface area is 105 Å². The van der Waals surface area contributed by atoms with Crippen LogP contribution < -0.4 is 0 Å². The first-order chi connectivity index (χ1) is 8.31. The maximum Gasteiger partial charge on any atom is 0.220 e. The first-order valence-corrected chi connectivity index (χ1v) is 5.61. The smallest absolute Gasteiger partial charge is 0.220 e. The summed E-state index contributed by atoms with van der Waals surface area (Å²) in [5, 5.41) is 47.8. The second kappa shape index (κ2) is 5.91. The molecule has 0 aromatic heterocycles. The van der Waals surface area contributed by atoms with Crippen LogP contribution in [0.4, 0.5) is 0 Å². The molecule has 0 bridgehead atoms. The van der Waals surface area contributed by atoms with Crippen LogP contribution in [0, 0.1) is 0 Å². The maximum atomic E-state index is 11.1. The number of hydrogen-bond donors (Lipinski definition) is 5. The predicted molar refractivity (Wildman–Crippen MR) is 60.1 cm³/mol. The Hall–Kier alpha value is -0.770. The van der Waals surface area contributed by atoms with Crippen molar-refractivity contribution in [1.82, 2.24) is 9.80 Å². The number of piperidine rings is 1. The van der Waals surface area contributed by atoms with E-state index >= 15 is 0 Å². The molecule has 0 aromatic rings. The third-order valence-electron chi connectivity index (χ3n) is 3.27. The van der Waals surface area contributed by atoms with Gasteiger partial charge in [0.05, 0.1) is 19.3 Å². The van der Waals surface area contributed by atoms with Crippen molar-refractivity contribution in [2.24, 2.45) is 0 Å². The monoisotopic (exact) mass is 264 g/mol. The van der Waals surface area contributed by atoms with Crippen LogP contribution in [0.25, 0.3) is 0 Å². The molecule has 5 N–H and O–H groups in total. The zero-order valence-corrected chi connectivity index (χ0v) is 10.3. The maximum absolute atomic E-state index is 11.1. The molecule has 0 saturated carbocycles. The van der Waals surface area contributed by atoms with Crippen molar-refractivity contribution in [3.8, 4) is 0 Å². The summed E-state index contributed by atoms with van der Waals surface area (Å²) in [6.45, 7) is 0.725. The van der Waals surface area contributed by atoms with Crippen LogP contribution in [0.5, 0.6) is 0 Å². The Kier molecular flexibility index (Phi) is 5.02. The van der Waals surface area contributed by atoms with Gasteiger partial charge in [-0.1, -0.05) is 0 Å².